The second-order valence-electron chi connectivity index (χ2n) is 33.7. The molecule has 5 heterocycles. The van der Waals surface area contributed by atoms with E-state index in [2.05, 4.69) is 104 Å². The zero-order valence-corrected chi connectivity index (χ0v) is 86.4. The summed E-state index contributed by atoms with van der Waals surface area (Å²) in [5, 5.41) is 62.3. The molecule has 16 aromatic rings. The zero-order chi connectivity index (χ0) is 104. The van der Waals surface area contributed by atoms with E-state index in [1.54, 1.807) is 95.8 Å². The zero-order valence-electron chi connectivity index (χ0n) is 82.4. The summed E-state index contributed by atoms with van der Waals surface area (Å²) < 4.78 is 113. The van der Waals surface area contributed by atoms with Crippen LogP contribution in [0.3, 0.4) is 0 Å². The van der Waals surface area contributed by atoms with E-state index < -0.39 is 41.4 Å². The van der Waals surface area contributed by atoms with Crippen molar-refractivity contribution < 1.29 is 53.8 Å². The third-order valence-corrected chi connectivity index (χ3v) is 28.6. The minimum Gasteiger partial charge on any atom is -0.497 e. The lowest BCUT2D eigenvalue weighted by molar-refractivity contribution is 0.161. The Bertz CT molecular complexity index is 7930. The molecule has 742 valence electrons. The number of halogens is 2. The molecule has 0 saturated carbocycles. The second-order valence-corrected chi connectivity index (χ2v) is 40.4. The fraction of sp³-hybridized carbons (Fsp3) is 0.252. The minimum atomic E-state index is -3.54. The summed E-state index contributed by atoms with van der Waals surface area (Å²) in [4.78, 5) is 23.3. The Balaban J connectivity index is 0.000000161. The summed E-state index contributed by atoms with van der Waals surface area (Å²) in [6.45, 7) is 23.9. The Morgan fingerprint density at radius 3 is 1.01 bits per heavy atom. The first-order chi connectivity index (χ1) is 69.4. The fourth-order valence-electron chi connectivity index (χ4n) is 17.1. The van der Waals surface area contributed by atoms with Crippen LogP contribution in [-0.2, 0) is 73.3 Å². The molecule has 0 aliphatic heterocycles. The third-order valence-electron chi connectivity index (χ3n) is 23.6. The number of fused-ring (bicyclic) bond motifs is 5. The number of aryl methyl sites for hydroxylation is 5. The van der Waals surface area contributed by atoms with Gasteiger partial charge in [-0.05, 0) is 234 Å². The van der Waals surface area contributed by atoms with Crippen LogP contribution in [0, 0.1) is 56.7 Å². The SMILES string of the molecule is CCCOC(=O)Nc1ccc(-c2c(C#N)c3cc(Cl)ccc3n2CC)cc1.CCCn1c(-c2ccc(NS(=O)(=O)C(C)C)cc2)c(C#N)c2ccc(OC)cc21.CCCn1c(-c2ccc(NS(=O)(=O)CCC)cc2)c(C#N)c2ccc(OC)cc21.CCCn1c(-c2ccc(NS(=O)(=O)Cc3ccccc3)cc2)c(C#N)c2ccc(OC)cc21.CCNC(=O)Nc1ccc(-c2c(C#N)c3cc(Cl)ccc3n2CC)cc1. The number of hydrogen-bond donors (Lipinski definition) is 6. The van der Waals surface area contributed by atoms with Gasteiger partial charge in [-0.15, -0.1) is 0 Å². The molecule has 5 aromatic heterocycles. The van der Waals surface area contributed by atoms with Gasteiger partial charge in [-0.25, -0.2) is 34.8 Å². The predicted octanol–water partition coefficient (Wildman–Crippen LogP) is 25.8. The number of nitriles is 5. The average molecular weight is 2030 g/mol. The number of rotatable bonds is 32. The quantitative estimate of drug-likeness (QED) is 0.0228. The van der Waals surface area contributed by atoms with Gasteiger partial charge in [0.2, 0.25) is 30.1 Å². The predicted molar refractivity (Wildman–Crippen MR) is 578 cm³/mol. The molecule has 33 heteroatoms. The van der Waals surface area contributed by atoms with Gasteiger partial charge in [0.25, 0.3) is 0 Å². The maximum absolute atomic E-state index is 12.6. The molecule has 0 aliphatic carbocycles. The van der Waals surface area contributed by atoms with Gasteiger partial charge < -0.3 is 52.4 Å². The van der Waals surface area contributed by atoms with Crippen molar-refractivity contribution in [1.82, 2.24) is 28.2 Å². The van der Waals surface area contributed by atoms with Crippen LogP contribution >= 0.6 is 23.2 Å². The lowest BCUT2D eigenvalue weighted by Gasteiger charge is -2.13. The number of nitrogens with one attached hydrogen (secondary N) is 6. The molecule has 16 rings (SSSR count). The van der Waals surface area contributed by atoms with Crippen LogP contribution in [-0.4, -0.2) is 106 Å². The van der Waals surface area contributed by atoms with Crippen molar-refractivity contribution in [3.63, 3.8) is 0 Å². The van der Waals surface area contributed by atoms with Gasteiger partial charge in [-0.1, -0.05) is 149 Å². The molecule has 11 aromatic carbocycles. The summed E-state index contributed by atoms with van der Waals surface area (Å²) >= 11 is 12.3. The highest BCUT2D eigenvalue weighted by Gasteiger charge is 2.27. The molecule has 0 saturated heterocycles. The number of urea groups is 1. The summed E-state index contributed by atoms with van der Waals surface area (Å²) in [5.41, 5.74) is 19.9. The van der Waals surface area contributed by atoms with E-state index in [9.17, 15) is 61.2 Å². The molecule has 0 aliphatic rings. The van der Waals surface area contributed by atoms with Gasteiger partial charge in [0.1, 0.15) is 47.6 Å². The fourth-order valence-corrected chi connectivity index (χ4v) is 20.5. The monoisotopic (exact) mass is 2030 g/mol. The van der Waals surface area contributed by atoms with E-state index in [0.717, 1.165) is 192 Å². The molecule has 0 unspecified atom stereocenters. The average Bonchev–Trinajstić information content (AvgIpc) is 1.62. The van der Waals surface area contributed by atoms with E-state index in [-0.39, 0.29) is 17.5 Å². The summed E-state index contributed by atoms with van der Waals surface area (Å²) in [7, 11) is -5.42. The molecular formula is C111H114Cl2N16O12S3. The second kappa shape index (κ2) is 49.2. The number of methoxy groups -OCH3 is 3. The van der Waals surface area contributed by atoms with Gasteiger partial charge in [-0.3, -0.25) is 19.5 Å². The topological polar surface area (TPSA) is 389 Å². The van der Waals surface area contributed by atoms with Gasteiger partial charge in [0.15, 0.2) is 0 Å². The number of benzene rings is 11. The van der Waals surface area contributed by atoms with Crippen molar-refractivity contribution >= 4 is 148 Å². The van der Waals surface area contributed by atoms with Crippen molar-refractivity contribution in [3.8, 4) is 104 Å². The van der Waals surface area contributed by atoms with Crippen LogP contribution in [0.15, 0.2) is 243 Å². The van der Waals surface area contributed by atoms with Crippen LogP contribution in [0.2, 0.25) is 10.0 Å². The van der Waals surface area contributed by atoms with E-state index in [4.69, 9.17) is 42.1 Å². The van der Waals surface area contributed by atoms with Crippen LogP contribution in [0.4, 0.5) is 38.0 Å². The van der Waals surface area contributed by atoms with Crippen molar-refractivity contribution in [2.45, 2.75) is 145 Å². The Morgan fingerprint density at radius 2 is 0.694 bits per heavy atom. The van der Waals surface area contributed by atoms with Gasteiger partial charge in [0.05, 0.1) is 118 Å². The van der Waals surface area contributed by atoms with E-state index in [1.807, 2.05) is 217 Å². The van der Waals surface area contributed by atoms with Gasteiger partial charge >= 0.3 is 12.1 Å². The maximum atomic E-state index is 12.6. The lowest BCUT2D eigenvalue weighted by atomic mass is 10.1. The molecule has 0 spiro atoms. The van der Waals surface area contributed by atoms with Gasteiger partial charge in [0, 0.05) is 134 Å². The minimum absolute atomic E-state index is 0.0832. The maximum Gasteiger partial charge on any atom is 0.411 e. The molecular weight excluding hydrogens is 1920 g/mol. The number of carbonyl (C=O) groups excluding carboxylic acids is 2. The highest BCUT2D eigenvalue weighted by atomic mass is 35.5. The molecule has 3 amide bonds. The highest BCUT2D eigenvalue weighted by molar-refractivity contribution is 7.93. The highest BCUT2D eigenvalue weighted by Crippen LogP contribution is 2.43. The van der Waals surface area contributed by atoms with Crippen molar-refractivity contribution in [2.75, 3.05) is 65.0 Å². The molecule has 6 N–H and O–H groups in total. The first kappa shape index (κ1) is 107. The molecule has 28 nitrogen and oxygen atoms in total. The number of aromatic nitrogens is 5. The summed E-state index contributed by atoms with van der Waals surface area (Å²) in [6, 6.07) is 85.2. The number of hydrogen-bond acceptors (Lipinski definition) is 17. The Hall–Kier alpha value is -15.7. The summed E-state index contributed by atoms with van der Waals surface area (Å²) in [5.74, 6) is 2.20. The lowest BCUT2D eigenvalue weighted by Crippen LogP contribution is -2.28. The Labute approximate surface area is 850 Å². The van der Waals surface area contributed by atoms with Crippen molar-refractivity contribution in [3.05, 3.63) is 286 Å². The number of amides is 3. The normalized spacial score (nSPS) is 11.1. The van der Waals surface area contributed by atoms with Crippen LogP contribution in [0.5, 0.6) is 17.2 Å². The molecule has 0 fully saturated rings. The van der Waals surface area contributed by atoms with Crippen LogP contribution in [0.25, 0.3) is 111 Å². The Morgan fingerprint density at radius 1 is 0.361 bits per heavy atom. The van der Waals surface area contributed by atoms with E-state index in [1.165, 1.54) is 0 Å². The standard InChI is InChI=1S/C26H25N3O3S.2C22H25N3O3S.C21H20ClN3O2.C20H19ClN4O/c1-3-15-29-25-16-22(32-2)13-14-23(25)24(17-27)26(29)20-9-11-21(12-10-20)28-33(30,31)18-19-7-5-4-6-8-19;1-5-12-25-21-13-18(28-4)10-11-19(21)20(14-23)22(25)16-6-8-17(9-7-16)24-29(26,27)15(2)3;1-4-12-25-21-14-18(28-3)10-11-19(21)20(15-23)22(25)16-6-8-17(9-7-16)24-29(26,27)13-5-2;1-3-11-27-21(26)24-16-8-5-14(6-9-16)20-18(13-23)17-12-15(22)7-10-19(17)25(20)4-2;1-3-23-20(26)24-15-8-5-13(6-9-15)19-17(12-22)16-11-14(21)7-10-18(16)25(19)4-2/h4-14,16,28H,3,15,18H2,1-2H3;6-11,13,15,24H,5,12H2,1-4H3;6-11,14,24H,4-5,12-13H2,1-3H3;5-10,12H,3-4,11H2,1-2H3,(H,24,26);5-11H,3-4H2,1-2H3,(H2,23,24,26). The number of nitrogens with zero attached hydrogens (tertiary/aromatic N) is 10. The van der Waals surface area contributed by atoms with Crippen LogP contribution in [0.1, 0.15) is 135 Å². The largest absolute Gasteiger partial charge is 0.497 e. The van der Waals surface area contributed by atoms with Crippen molar-refractivity contribution in [2.24, 2.45) is 0 Å². The molecule has 144 heavy (non-hydrogen) atoms. The first-order valence-corrected chi connectivity index (χ1v) is 52.8. The summed E-state index contributed by atoms with van der Waals surface area (Å²) in [6.07, 6.45) is 3.57. The number of anilines is 5. The smallest absolute Gasteiger partial charge is 0.411 e. The molecule has 0 atom stereocenters. The number of sulfonamides is 3. The van der Waals surface area contributed by atoms with Crippen molar-refractivity contribution in [1.29, 1.82) is 26.3 Å². The van der Waals surface area contributed by atoms with E-state index >= 15 is 0 Å². The van der Waals surface area contributed by atoms with Gasteiger partial charge in [-0.2, -0.15) is 26.3 Å². The molecule has 0 bridgehead atoms. The number of ether oxygens (including phenoxy) is 4. The third kappa shape index (κ3) is 25.1. The van der Waals surface area contributed by atoms with Crippen LogP contribution < -0.4 is 44.3 Å². The first-order valence-electron chi connectivity index (χ1n) is 47.2. The molecule has 0 radical (unpaired) electrons. The number of carbonyl (C=O) groups is 2. The van der Waals surface area contributed by atoms with E-state index in [0.29, 0.717) is 85.9 Å². The Kier molecular flexibility index (Phi) is 36.6.